The molecule has 1 heterocycles. The van der Waals surface area contributed by atoms with Crippen molar-refractivity contribution in [2.24, 2.45) is 0 Å². The summed E-state index contributed by atoms with van der Waals surface area (Å²) in [5.74, 6) is -0.295. The Balaban J connectivity index is 2.68. The van der Waals surface area contributed by atoms with E-state index in [1.807, 2.05) is 13.8 Å². The Kier molecular flexibility index (Phi) is 5.17. The van der Waals surface area contributed by atoms with Gasteiger partial charge in [0.15, 0.2) is 5.82 Å². The number of nitrogens with one attached hydrogen (secondary N) is 1. The molecule has 0 spiro atoms. The first kappa shape index (κ1) is 13.7. The zero-order chi connectivity index (χ0) is 12.8. The lowest BCUT2D eigenvalue weighted by molar-refractivity contribution is 0.0602. The predicted octanol–water partition coefficient (Wildman–Crippen LogP) is 1.35. The molecular formula is C10H17N3O3S. The molecule has 7 heteroatoms. The molecule has 0 bridgehead atoms. The number of methoxy groups -OCH3 is 1. The Hall–Kier alpha value is -1.34. The molecule has 3 N–H and O–H groups in total. The number of rotatable bonds is 6. The third-order valence-corrected chi connectivity index (χ3v) is 2.93. The second kappa shape index (κ2) is 6.41. The van der Waals surface area contributed by atoms with E-state index in [1.165, 1.54) is 7.11 Å². The van der Waals surface area contributed by atoms with Crippen LogP contribution >= 0.6 is 11.5 Å². The van der Waals surface area contributed by atoms with Crippen molar-refractivity contribution >= 4 is 28.3 Å². The second-order valence-corrected chi connectivity index (χ2v) is 4.18. The van der Waals surface area contributed by atoms with Gasteiger partial charge in [-0.15, -0.1) is 0 Å². The number of nitrogens with two attached hydrogens (primary N) is 1. The standard InChI is InChI=1S/C10H17N3O3S/c1-4-16-6(2)5-12-9-7(10(14)15-3)8(11)13-17-9/h6,12H,4-5H2,1-3H3,(H2,11,13). The molecule has 6 nitrogen and oxygen atoms in total. The fourth-order valence-electron chi connectivity index (χ4n) is 1.30. The van der Waals surface area contributed by atoms with Crippen LogP contribution in [0.5, 0.6) is 0 Å². The normalized spacial score (nSPS) is 12.2. The molecule has 96 valence electrons. The van der Waals surface area contributed by atoms with Crippen molar-refractivity contribution in [3.63, 3.8) is 0 Å². The third-order valence-electron chi connectivity index (χ3n) is 2.11. The first-order chi connectivity index (χ1) is 8.10. The molecule has 1 aromatic rings. The van der Waals surface area contributed by atoms with E-state index in [9.17, 15) is 4.79 Å². The SMILES string of the molecule is CCOC(C)CNc1snc(N)c1C(=O)OC. The van der Waals surface area contributed by atoms with Crippen molar-refractivity contribution in [3.8, 4) is 0 Å². The zero-order valence-electron chi connectivity index (χ0n) is 10.1. The first-order valence-corrected chi connectivity index (χ1v) is 6.06. The summed E-state index contributed by atoms with van der Waals surface area (Å²) in [4.78, 5) is 11.5. The van der Waals surface area contributed by atoms with Gasteiger partial charge in [0.1, 0.15) is 10.6 Å². The molecule has 0 aliphatic rings. The molecule has 0 aliphatic heterocycles. The lowest BCUT2D eigenvalue weighted by Crippen LogP contribution is -2.20. The van der Waals surface area contributed by atoms with Crippen molar-refractivity contribution in [1.82, 2.24) is 4.37 Å². The first-order valence-electron chi connectivity index (χ1n) is 5.29. The zero-order valence-corrected chi connectivity index (χ0v) is 11.0. The predicted molar refractivity (Wildman–Crippen MR) is 67.4 cm³/mol. The fourth-order valence-corrected chi connectivity index (χ4v) is 2.01. The van der Waals surface area contributed by atoms with E-state index in [4.69, 9.17) is 10.5 Å². The lowest BCUT2D eigenvalue weighted by Gasteiger charge is -2.12. The van der Waals surface area contributed by atoms with Crippen molar-refractivity contribution in [2.45, 2.75) is 20.0 Å². The summed E-state index contributed by atoms with van der Waals surface area (Å²) in [6.07, 6.45) is 0.0498. The highest BCUT2D eigenvalue weighted by Gasteiger charge is 2.20. The smallest absolute Gasteiger partial charge is 0.344 e. The number of anilines is 2. The summed E-state index contributed by atoms with van der Waals surface area (Å²) in [5, 5.41) is 3.70. The third kappa shape index (κ3) is 3.57. The van der Waals surface area contributed by atoms with E-state index in [2.05, 4.69) is 14.4 Å². The molecule has 0 radical (unpaired) electrons. The van der Waals surface area contributed by atoms with Crippen LogP contribution in [0, 0.1) is 0 Å². The fraction of sp³-hybridized carbons (Fsp3) is 0.600. The quantitative estimate of drug-likeness (QED) is 0.750. The Morgan fingerprint density at radius 3 is 2.94 bits per heavy atom. The van der Waals surface area contributed by atoms with Crippen molar-refractivity contribution in [1.29, 1.82) is 0 Å². The molecule has 17 heavy (non-hydrogen) atoms. The van der Waals surface area contributed by atoms with Gasteiger partial charge in [0.2, 0.25) is 0 Å². The number of nitrogen functional groups attached to an aromatic ring is 1. The van der Waals surface area contributed by atoms with Crippen LogP contribution < -0.4 is 11.1 Å². The van der Waals surface area contributed by atoms with Crippen LogP contribution in [0.15, 0.2) is 0 Å². The van der Waals surface area contributed by atoms with E-state index in [1.54, 1.807) is 0 Å². The van der Waals surface area contributed by atoms with Gasteiger partial charge in [-0.05, 0) is 25.4 Å². The van der Waals surface area contributed by atoms with Gasteiger partial charge in [-0.25, -0.2) is 4.79 Å². The summed E-state index contributed by atoms with van der Waals surface area (Å²) < 4.78 is 13.9. The highest BCUT2D eigenvalue weighted by molar-refractivity contribution is 7.11. The number of carbonyl (C=O) groups excluding carboxylic acids is 1. The van der Waals surface area contributed by atoms with Crippen molar-refractivity contribution in [2.75, 3.05) is 31.3 Å². The molecule has 1 unspecified atom stereocenters. The van der Waals surface area contributed by atoms with Gasteiger partial charge < -0.3 is 20.5 Å². The lowest BCUT2D eigenvalue weighted by atomic mass is 10.3. The van der Waals surface area contributed by atoms with Crippen molar-refractivity contribution in [3.05, 3.63) is 5.56 Å². The van der Waals surface area contributed by atoms with Crippen LogP contribution in [0.4, 0.5) is 10.8 Å². The number of nitrogens with zero attached hydrogens (tertiary/aromatic N) is 1. The van der Waals surface area contributed by atoms with Gasteiger partial charge in [0.05, 0.1) is 13.2 Å². The van der Waals surface area contributed by atoms with Gasteiger partial charge >= 0.3 is 5.97 Å². The average molecular weight is 259 g/mol. The van der Waals surface area contributed by atoms with Gasteiger partial charge in [-0.1, -0.05) is 0 Å². The number of hydrogen-bond acceptors (Lipinski definition) is 7. The average Bonchev–Trinajstić information content (AvgIpc) is 2.67. The largest absolute Gasteiger partial charge is 0.465 e. The van der Waals surface area contributed by atoms with Crippen LogP contribution in [0.25, 0.3) is 0 Å². The maximum atomic E-state index is 11.5. The molecule has 0 aromatic carbocycles. The van der Waals surface area contributed by atoms with Crippen LogP contribution in [0.2, 0.25) is 0 Å². The molecule has 0 saturated heterocycles. The van der Waals surface area contributed by atoms with Crippen LogP contribution in [-0.2, 0) is 9.47 Å². The Bertz CT molecular complexity index is 381. The Morgan fingerprint density at radius 2 is 2.35 bits per heavy atom. The highest BCUT2D eigenvalue weighted by atomic mass is 32.1. The minimum absolute atomic E-state index is 0.0498. The van der Waals surface area contributed by atoms with Gasteiger partial charge in [-0.3, -0.25) is 0 Å². The molecule has 0 saturated carbocycles. The van der Waals surface area contributed by atoms with Crippen LogP contribution in [0.1, 0.15) is 24.2 Å². The molecule has 1 aromatic heterocycles. The molecule has 0 fully saturated rings. The molecule has 1 rings (SSSR count). The van der Waals surface area contributed by atoms with Gasteiger partial charge in [-0.2, -0.15) is 4.37 Å². The number of carbonyl (C=O) groups is 1. The summed E-state index contributed by atoms with van der Waals surface area (Å²) in [6, 6.07) is 0. The van der Waals surface area contributed by atoms with Crippen molar-refractivity contribution < 1.29 is 14.3 Å². The molecular weight excluding hydrogens is 242 g/mol. The minimum Gasteiger partial charge on any atom is -0.465 e. The van der Waals surface area contributed by atoms with E-state index < -0.39 is 5.97 Å². The maximum absolute atomic E-state index is 11.5. The summed E-state index contributed by atoms with van der Waals surface area (Å²) in [6.45, 7) is 5.11. The molecule has 0 aliphatic carbocycles. The van der Waals surface area contributed by atoms with E-state index in [0.29, 0.717) is 23.7 Å². The summed E-state index contributed by atoms with van der Waals surface area (Å²) >= 11 is 1.14. The number of esters is 1. The monoisotopic (exact) mass is 259 g/mol. The Labute approximate surface area is 104 Å². The van der Waals surface area contributed by atoms with E-state index >= 15 is 0 Å². The number of hydrogen-bond donors (Lipinski definition) is 2. The number of aromatic nitrogens is 1. The van der Waals surface area contributed by atoms with E-state index in [-0.39, 0.29) is 11.9 Å². The van der Waals surface area contributed by atoms with Gasteiger partial charge in [0.25, 0.3) is 0 Å². The summed E-state index contributed by atoms with van der Waals surface area (Å²) in [7, 11) is 1.31. The molecule has 0 amide bonds. The van der Waals surface area contributed by atoms with E-state index in [0.717, 1.165) is 11.5 Å². The highest BCUT2D eigenvalue weighted by Crippen LogP contribution is 2.27. The van der Waals surface area contributed by atoms with Crippen LogP contribution in [0.3, 0.4) is 0 Å². The van der Waals surface area contributed by atoms with Crippen LogP contribution in [-0.4, -0.2) is 36.7 Å². The second-order valence-electron chi connectivity index (χ2n) is 3.41. The topological polar surface area (TPSA) is 86.5 Å². The minimum atomic E-state index is -0.484. The summed E-state index contributed by atoms with van der Waals surface area (Å²) in [5.41, 5.74) is 5.90. The maximum Gasteiger partial charge on any atom is 0.344 e. The van der Waals surface area contributed by atoms with Gasteiger partial charge in [0, 0.05) is 13.2 Å². The molecule has 1 atom stereocenters. The number of ether oxygens (including phenoxy) is 2. The Morgan fingerprint density at radius 1 is 1.65 bits per heavy atom.